The van der Waals surface area contributed by atoms with Crippen molar-refractivity contribution in [2.75, 3.05) is 6.54 Å². The van der Waals surface area contributed by atoms with E-state index in [1.807, 2.05) is 13.8 Å². The first-order chi connectivity index (χ1) is 4.05. The van der Waals surface area contributed by atoms with Crippen LogP contribution in [0, 0.1) is 5.92 Å². The van der Waals surface area contributed by atoms with Crippen LogP contribution in [0.2, 0.25) is 0 Å². The van der Waals surface area contributed by atoms with Gasteiger partial charge >= 0.3 is 0 Å². The van der Waals surface area contributed by atoms with Gasteiger partial charge < -0.3 is 5.73 Å². The fraction of sp³-hybridized carbons (Fsp3) is 0.857. The first-order valence-electron chi connectivity index (χ1n) is 3.35. The minimum Gasteiger partial charge on any atom is -0.320 e. The highest BCUT2D eigenvalue weighted by Crippen LogP contribution is 2.22. The van der Waals surface area contributed by atoms with E-state index in [-0.39, 0.29) is 5.54 Å². The predicted octanol–water partition coefficient (Wildman–Crippen LogP) is 0.814. The van der Waals surface area contributed by atoms with Gasteiger partial charge in [0.05, 0.1) is 5.54 Å². The summed E-state index contributed by atoms with van der Waals surface area (Å²) in [4.78, 5) is 4.26. The molecule has 52 valence electrons. The number of rotatable bonds is 0. The molecule has 0 aromatic carbocycles. The Morgan fingerprint density at radius 2 is 2.33 bits per heavy atom. The third kappa shape index (κ3) is 0.874. The van der Waals surface area contributed by atoms with E-state index >= 15 is 0 Å². The summed E-state index contributed by atoms with van der Waals surface area (Å²) in [6, 6.07) is 0. The summed E-state index contributed by atoms with van der Waals surface area (Å²) in [6.45, 7) is 7.09. The topological polar surface area (TPSA) is 38.4 Å². The molecule has 1 heterocycles. The van der Waals surface area contributed by atoms with E-state index in [1.165, 1.54) is 0 Å². The molecule has 0 fully saturated rings. The molecule has 0 bridgehead atoms. The van der Waals surface area contributed by atoms with Gasteiger partial charge in [0.25, 0.3) is 0 Å². The molecule has 0 aromatic rings. The van der Waals surface area contributed by atoms with Gasteiger partial charge in [0.2, 0.25) is 0 Å². The summed E-state index contributed by atoms with van der Waals surface area (Å²) in [7, 11) is 0. The Morgan fingerprint density at radius 3 is 2.44 bits per heavy atom. The van der Waals surface area contributed by atoms with Crippen LogP contribution in [0.15, 0.2) is 4.99 Å². The molecule has 2 N–H and O–H groups in total. The zero-order valence-corrected chi connectivity index (χ0v) is 6.31. The minimum absolute atomic E-state index is 0.139. The van der Waals surface area contributed by atoms with Crippen LogP contribution in [0.1, 0.15) is 20.8 Å². The van der Waals surface area contributed by atoms with E-state index < -0.39 is 0 Å². The van der Waals surface area contributed by atoms with Crippen molar-refractivity contribution in [3.63, 3.8) is 0 Å². The quantitative estimate of drug-likeness (QED) is 0.512. The second-order valence-electron chi connectivity index (χ2n) is 3.11. The van der Waals surface area contributed by atoms with Crippen LogP contribution >= 0.6 is 0 Å². The fourth-order valence-electron chi connectivity index (χ4n) is 0.990. The molecule has 1 rings (SSSR count). The van der Waals surface area contributed by atoms with Crippen molar-refractivity contribution in [1.29, 1.82) is 0 Å². The van der Waals surface area contributed by atoms with Crippen molar-refractivity contribution in [3.8, 4) is 0 Å². The molecule has 0 amide bonds. The maximum atomic E-state index is 5.93. The second-order valence-corrected chi connectivity index (χ2v) is 3.11. The number of aliphatic imine (C=N–C) groups is 1. The summed E-state index contributed by atoms with van der Waals surface area (Å²) < 4.78 is 0. The molecule has 1 aliphatic heterocycles. The summed E-state index contributed by atoms with van der Waals surface area (Å²) >= 11 is 0. The molecule has 2 nitrogen and oxygen atoms in total. The van der Waals surface area contributed by atoms with Crippen molar-refractivity contribution in [2.24, 2.45) is 16.6 Å². The first kappa shape index (κ1) is 6.75. The van der Waals surface area contributed by atoms with Crippen LogP contribution in [0.3, 0.4) is 0 Å². The van der Waals surface area contributed by atoms with Crippen LogP contribution in [0.25, 0.3) is 0 Å². The van der Waals surface area contributed by atoms with E-state index in [0.29, 0.717) is 5.92 Å². The lowest BCUT2D eigenvalue weighted by Gasteiger charge is -2.23. The Morgan fingerprint density at radius 1 is 1.78 bits per heavy atom. The molecule has 2 unspecified atom stereocenters. The Labute approximate surface area is 56.2 Å². The lowest BCUT2D eigenvalue weighted by molar-refractivity contribution is 0.454. The molecule has 0 saturated heterocycles. The average molecular weight is 126 g/mol. The molecule has 0 aromatic heterocycles. The second kappa shape index (κ2) is 1.81. The Bertz CT molecular complexity index is 147. The Hall–Kier alpha value is -0.370. The lowest BCUT2D eigenvalue weighted by atomic mass is 9.87. The van der Waals surface area contributed by atoms with Crippen molar-refractivity contribution in [3.05, 3.63) is 0 Å². The van der Waals surface area contributed by atoms with Crippen LogP contribution in [-0.2, 0) is 0 Å². The number of nitrogens with zero attached hydrogens (tertiary/aromatic N) is 1. The SMILES string of the molecule is CC1=NCC(C)C1(C)N. The summed E-state index contributed by atoms with van der Waals surface area (Å²) in [5.74, 6) is 0.512. The fourth-order valence-corrected chi connectivity index (χ4v) is 0.990. The predicted molar refractivity (Wildman–Crippen MR) is 39.7 cm³/mol. The molecule has 9 heavy (non-hydrogen) atoms. The summed E-state index contributed by atoms with van der Waals surface area (Å²) in [5, 5.41) is 0. The highest BCUT2D eigenvalue weighted by molar-refractivity contribution is 5.92. The van der Waals surface area contributed by atoms with E-state index in [0.717, 1.165) is 12.3 Å². The summed E-state index contributed by atoms with van der Waals surface area (Å²) in [6.07, 6.45) is 0. The zero-order valence-electron chi connectivity index (χ0n) is 6.31. The van der Waals surface area contributed by atoms with E-state index in [4.69, 9.17) is 5.73 Å². The molecule has 0 aliphatic carbocycles. The van der Waals surface area contributed by atoms with E-state index in [2.05, 4.69) is 11.9 Å². The third-order valence-corrected chi connectivity index (χ3v) is 2.41. The van der Waals surface area contributed by atoms with Gasteiger partial charge in [-0.3, -0.25) is 4.99 Å². The number of hydrogen-bond acceptors (Lipinski definition) is 2. The average Bonchev–Trinajstić information content (AvgIpc) is 1.96. The zero-order chi connectivity index (χ0) is 7.07. The molecule has 2 heteroatoms. The van der Waals surface area contributed by atoms with E-state index in [9.17, 15) is 0 Å². The van der Waals surface area contributed by atoms with Crippen molar-refractivity contribution >= 4 is 5.71 Å². The first-order valence-corrected chi connectivity index (χ1v) is 3.35. The van der Waals surface area contributed by atoms with Gasteiger partial charge in [-0.2, -0.15) is 0 Å². The number of nitrogens with two attached hydrogens (primary N) is 1. The smallest absolute Gasteiger partial charge is 0.0551 e. The lowest BCUT2D eigenvalue weighted by Crippen LogP contribution is -2.46. The molecule has 0 radical (unpaired) electrons. The van der Waals surface area contributed by atoms with E-state index in [1.54, 1.807) is 0 Å². The molecule has 1 aliphatic rings. The highest BCUT2D eigenvalue weighted by Gasteiger charge is 2.33. The standard InChI is InChI=1S/C7H14N2/c1-5-4-9-6(2)7(5,3)8/h5H,4,8H2,1-3H3. The van der Waals surface area contributed by atoms with Crippen molar-refractivity contribution in [2.45, 2.75) is 26.3 Å². The molecular weight excluding hydrogens is 112 g/mol. The summed E-state index contributed by atoms with van der Waals surface area (Å²) in [5.41, 5.74) is 6.89. The molecule has 0 saturated carbocycles. The van der Waals surface area contributed by atoms with Gasteiger partial charge in [0.15, 0.2) is 0 Å². The largest absolute Gasteiger partial charge is 0.320 e. The highest BCUT2D eigenvalue weighted by atomic mass is 14.9. The maximum Gasteiger partial charge on any atom is 0.0551 e. The Balaban J connectivity index is 2.81. The van der Waals surface area contributed by atoms with Gasteiger partial charge in [-0.1, -0.05) is 6.92 Å². The third-order valence-electron chi connectivity index (χ3n) is 2.41. The molecular formula is C7H14N2. The van der Waals surface area contributed by atoms with Gasteiger partial charge in [-0.15, -0.1) is 0 Å². The van der Waals surface area contributed by atoms with Gasteiger partial charge in [-0.05, 0) is 19.8 Å². The van der Waals surface area contributed by atoms with Crippen LogP contribution < -0.4 is 5.73 Å². The molecule has 0 spiro atoms. The number of hydrogen-bond donors (Lipinski definition) is 1. The minimum atomic E-state index is -0.139. The monoisotopic (exact) mass is 126 g/mol. The van der Waals surface area contributed by atoms with Gasteiger partial charge in [0, 0.05) is 12.3 Å². The normalized spacial score (nSPS) is 43.1. The van der Waals surface area contributed by atoms with Crippen molar-refractivity contribution < 1.29 is 0 Å². The Kier molecular flexibility index (Phi) is 1.35. The van der Waals surface area contributed by atoms with Crippen LogP contribution in [-0.4, -0.2) is 17.8 Å². The maximum absolute atomic E-state index is 5.93. The van der Waals surface area contributed by atoms with Crippen molar-refractivity contribution in [1.82, 2.24) is 0 Å². The van der Waals surface area contributed by atoms with Crippen LogP contribution in [0.5, 0.6) is 0 Å². The van der Waals surface area contributed by atoms with Crippen LogP contribution in [0.4, 0.5) is 0 Å². The van der Waals surface area contributed by atoms with Gasteiger partial charge in [0.1, 0.15) is 0 Å². The van der Waals surface area contributed by atoms with Gasteiger partial charge in [-0.25, -0.2) is 0 Å². The molecule has 2 atom stereocenters.